The molecule has 21 heavy (non-hydrogen) atoms. The van der Waals surface area contributed by atoms with Gasteiger partial charge in [-0.25, -0.2) is 8.42 Å². The van der Waals surface area contributed by atoms with Crippen molar-refractivity contribution in [1.82, 2.24) is 5.32 Å². The average molecular weight is 335 g/mol. The van der Waals surface area contributed by atoms with Crippen molar-refractivity contribution in [3.05, 3.63) is 27.8 Å². The number of halogens is 1. The van der Waals surface area contributed by atoms with E-state index in [-0.39, 0.29) is 11.6 Å². The fourth-order valence-corrected chi connectivity index (χ4v) is 2.76. The summed E-state index contributed by atoms with van der Waals surface area (Å²) in [6.45, 7) is 0. The van der Waals surface area contributed by atoms with Crippen molar-refractivity contribution in [2.75, 3.05) is 7.11 Å². The highest BCUT2D eigenvalue weighted by Gasteiger charge is 2.30. The highest BCUT2D eigenvalue weighted by atomic mass is 35.7. The van der Waals surface area contributed by atoms with Gasteiger partial charge in [0.2, 0.25) is 5.75 Å². The summed E-state index contributed by atoms with van der Waals surface area (Å²) in [5.74, 6) is -1.09. The molecule has 10 heteroatoms. The Morgan fingerprint density at radius 2 is 2.10 bits per heavy atom. The summed E-state index contributed by atoms with van der Waals surface area (Å²) in [6, 6.07) is 1.95. The van der Waals surface area contributed by atoms with Crippen molar-refractivity contribution in [1.29, 1.82) is 0 Å². The van der Waals surface area contributed by atoms with Gasteiger partial charge in [0, 0.05) is 28.4 Å². The third kappa shape index (κ3) is 3.42. The highest BCUT2D eigenvalue weighted by Crippen LogP contribution is 2.37. The summed E-state index contributed by atoms with van der Waals surface area (Å²) in [5, 5.41) is 13.6. The number of benzene rings is 1. The largest absolute Gasteiger partial charge is 0.489 e. The molecule has 0 aromatic heterocycles. The number of nitro groups is 1. The third-order valence-electron chi connectivity index (χ3n) is 2.87. The van der Waals surface area contributed by atoms with Crippen LogP contribution in [-0.2, 0) is 9.05 Å². The van der Waals surface area contributed by atoms with Gasteiger partial charge in [-0.05, 0) is 18.9 Å². The monoisotopic (exact) mass is 334 g/mol. The Balaban J connectivity index is 2.59. The molecule has 1 aromatic rings. The van der Waals surface area contributed by atoms with E-state index in [1.165, 1.54) is 0 Å². The van der Waals surface area contributed by atoms with Crippen molar-refractivity contribution in [2.24, 2.45) is 0 Å². The standard InChI is InChI=1S/C11H11ClN2O6S/c1-20-10-8(14(16)17)4-6(5-9(10)21(12,18)19)11(15)13-7-2-3-7/h4-5,7H,2-3H2,1H3,(H,13,15). The molecule has 0 spiro atoms. The predicted octanol–water partition coefficient (Wildman–Crippen LogP) is 1.42. The zero-order valence-electron chi connectivity index (χ0n) is 10.8. The molecule has 114 valence electrons. The molecule has 0 heterocycles. The Morgan fingerprint density at radius 1 is 1.48 bits per heavy atom. The molecule has 1 amide bonds. The fourth-order valence-electron chi connectivity index (χ4n) is 1.74. The van der Waals surface area contributed by atoms with Crippen molar-refractivity contribution in [3.8, 4) is 5.75 Å². The highest BCUT2D eigenvalue weighted by molar-refractivity contribution is 8.13. The first kappa shape index (κ1) is 15.5. The van der Waals surface area contributed by atoms with Crippen LogP contribution in [0, 0.1) is 10.1 Å². The number of carbonyl (C=O) groups is 1. The number of amides is 1. The first-order valence-electron chi connectivity index (χ1n) is 5.86. The molecule has 1 N–H and O–H groups in total. The van der Waals surface area contributed by atoms with E-state index in [0.717, 1.165) is 32.1 Å². The smallest absolute Gasteiger partial charge is 0.313 e. The van der Waals surface area contributed by atoms with Crippen molar-refractivity contribution in [2.45, 2.75) is 23.8 Å². The van der Waals surface area contributed by atoms with E-state index >= 15 is 0 Å². The molecular formula is C11H11ClN2O6S. The third-order valence-corrected chi connectivity index (χ3v) is 4.20. The summed E-state index contributed by atoms with van der Waals surface area (Å²) in [5.41, 5.74) is -0.797. The first-order chi connectivity index (χ1) is 9.74. The van der Waals surface area contributed by atoms with Gasteiger partial charge in [-0.15, -0.1) is 0 Å². The number of nitrogens with zero attached hydrogens (tertiary/aromatic N) is 1. The summed E-state index contributed by atoms with van der Waals surface area (Å²) >= 11 is 0. The molecule has 1 aliphatic rings. The summed E-state index contributed by atoms with van der Waals surface area (Å²) < 4.78 is 27.8. The number of methoxy groups -OCH3 is 1. The molecule has 2 rings (SSSR count). The molecule has 0 saturated heterocycles. The molecule has 0 bridgehead atoms. The predicted molar refractivity (Wildman–Crippen MR) is 73.2 cm³/mol. The van der Waals surface area contributed by atoms with Gasteiger partial charge in [-0.1, -0.05) is 0 Å². The lowest BCUT2D eigenvalue weighted by atomic mass is 10.1. The second kappa shape index (κ2) is 5.49. The number of ether oxygens (including phenoxy) is 1. The van der Waals surface area contributed by atoms with Crippen LogP contribution in [0.5, 0.6) is 5.75 Å². The van der Waals surface area contributed by atoms with Crippen LogP contribution < -0.4 is 10.1 Å². The average Bonchev–Trinajstić information content (AvgIpc) is 3.19. The zero-order valence-corrected chi connectivity index (χ0v) is 12.4. The van der Waals surface area contributed by atoms with Crippen molar-refractivity contribution in [3.63, 3.8) is 0 Å². The van der Waals surface area contributed by atoms with Gasteiger partial charge < -0.3 is 10.1 Å². The van der Waals surface area contributed by atoms with E-state index in [9.17, 15) is 23.3 Å². The Labute approximate surface area is 124 Å². The van der Waals surface area contributed by atoms with E-state index in [0.29, 0.717) is 0 Å². The van der Waals surface area contributed by atoms with E-state index in [1.54, 1.807) is 0 Å². The lowest BCUT2D eigenvalue weighted by Crippen LogP contribution is -2.25. The molecule has 8 nitrogen and oxygen atoms in total. The SMILES string of the molecule is COc1c([N+](=O)[O-])cc(C(=O)NC2CC2)cc1S(=O)(=O)Cl. The minimum atomic E-state index is -4.31. The van der Waals surface area contributed by atoms with Gasteiger partial charge in [0.05, 0.1) is 12.0 Å². The van der Waals surface area contributed by atoms with Gasteiger partial charge in [-0.3, -0.25) is 14.9 Å². The summed E-state index contributed by atoms with van der Waals surface area (Å²) in [7, 11) is 2.03. The lowest BCUT2D eigenvalue weighted by Gasteiger charge is -2.09. The number of hydrogen-bond donors (Lipinski definition) is 1. The molecule has 0 atom stereocenters. The zero-order chi connectivity index (χ0) is 15.8. The van der Waals surface area contributed by atoms with Crippen LogP contribution in [0.4, 0.5) is 5.69 Å². The number of carbonyl (C=O) groups excluding carboxylic acids is 1. The van der Waals surface area contributed by atoms with E-state index in [2.05, 4.69) is 5.32 Å². The van der Waals surface area contributed by atoms with Crippen LogP contribution >= 0.6 is 10.7 Å². The van der Waals surface area contributed by atoms with Crippen LogP contribution in [-0.4, -0.2) is 32.4 Å². The minimum absolute atomic E-state index is 0.0229. The van der Waals surface area contributed by atoms with E-state index < -0.39 is 36.2 Å². The van der Waals surface area contributed by atoms with E-state index in [4.69, 9.17) is 15.4 Å². The molecule has 1 aliphatic carbocycles. The molecular weight excluding hydrogens is 324 g/mol. The molecule has 0 aliphatic heterocycles. The van der Waals surface area contributed by atoms with Crippen LogP contribution in [0.3, 0.4) is 0 Å². The van der Waals surface area contributed by atoms with Crippen LogP contribution in [0.1, 0.15) is 23.2 Å². The van der Waals surface area contributed by atoms with Gasteiger partial charge >= 0.3 is 5.69 Å². The maximum Gasteiger partial charge on any atom is 0.313 e. The fraction of sp³-hybridized carbons (Fsp3) is 0.364. The van der Waals surface area contributed by atoms with Crippen molar-refractivity contribution >= 4 is 31.3 Å². The first-order valence-corrected chi connectivity index (χ1v) is 8.17. The quantitative estimate of drug-likeness (QED) is 0.494. The maximum absolute atomic E-state index is 11.9. The second-order valence-electron chi connectivity index (χ2n) is 4.47. The van der Waals surface area contributed by atoms with Crippen LogP contribution in [0.25, 0.3) is 0 Å². The summed E-state index contributed by atoms with van der Waals surface area (Å²) in [4.78, 5) is 21.5. The topological polar surface area (TPSA) is 116 Å². The normalized spacial score (nSPS) is 14.6. The molecule has 1 aromatic carbocycles. The lowest BCUT2D eigenvalue weighted by molar-refractivity contribution is -0.386. The van der Waals surface area contributed by atoms with Gasteiger partial charge in [0.15, 0.2) is 0 Å². The minimum Gasteiger partial charge on any atom is -0.489 e. The van der Waals surface area contributed by atoms with Gasteiger partial charge in [0.1, 0.15) is 4.90 Å². The second-order valence-corrected chi connectivity index (χ2v) is 7.00. The molecule has 0 unspecified atom stereocenters. The number of nitro benzene ring substituents is 1. The molecule has 1 saturated carbocycles. The van der Waals surface area contributed by atoms with Crippen LogP contribution in [0.2, 0.25) is 0 Å². The van der Waals surface area contributed by atoms with Gasteiger partial charge in [-0.2, -0.15) is 0 Å². The van der Waals surface area contributed by atoms with Crippen molar-refractivity contribution < 1.29 is 22.9 Å². The number of hydrogen-bond acceptors (Lipinski definition) is 6. The number of nitrogens with one attached hydrogen (secondary N) is 1. The Morgan fingerprint density at radius 3 is 2.52 bits per heavy atom. The Bertz CT molecular complexity index is 714. The number of rotatable bonds is 5. The van der Waals surface area contributed by atoms with Crippen LogP contribution in [0.15, 0.2) is 17.0 Å². The van der Waals surface area contributed by atoms with E-state index in [1.807, 2.05) is 0 Å². The van der Waals surface area contributed by atoms with Gasteiger partial charge in [0.25, 0.3) is 15.0 Å². The Kier molecular flexibility index (Phi) is 4.06. The molecule has 0 radical (unpaired) electrons. The Hall–Kier alpha value is -1.87. The molecule has 1 fully saturated rings. The summed E-state index contributed by atoms with van der Waals surface area (Å²) in [6.07, 6.45) is 1.65. The maximum atomic E-state index is 11.9.